The average Bonchev–Trinajstić information content (AvgIpc) is 2.52. The number of nitrogens with one attached hydrogen (secondary N) is 1. The molecule has 4 heteroatoms. The largest absolute Gasteiger partial charge is 0.496 e. The lowest BCUT2D eigenvalue weighted by Crippen LogP contribution is -2.02. The Morgan fingerprint density at radius 2 is 2.00 bits per heavy atom. The first-order valence-electron chi connectivity index (χ1n) is 6.42. The second-order valence-electron chi connectivity index (χ2n) is 4.36. The standard InChI is InChI=1S/C16H19NO2S/c1-19-15-9-12(7-8-16(15)20-2)10-17-14-6-4-3-5-13(14)11-18/h3-9,17-18H,10-11H2,1-2H3. The molecule has 0 fully saturated rings. The topological polar surface area (TPSA) is 41.5 Å². The van der Waals surface area contributed by atoms with Crippen LogP contribution in [0.5, 0.6) is 5.75 Å². The van der Waals surface area contributed by atoms with E-state index in [1.54, 1.807) is 18.9 Å². The van der Waals surface area contributed by atoms with Crippen molar-refractivity contribution in [3.05, 3.63) is 53.6 Å². The molecule has 0 aliphatic rings. The van der Waals surface area contributed by atoms with Crippen molar-refractivity contribution >= 4 is 17.4 Å². The van der Waals surface area contributed by atoms with Crippen molar-refractivity contribution in [2.75, 3.05) is 18.7 Å². The van der Waals surface area contributed by atoms with E-state index in [9.17, 15) is 5.11 Å². The number of methoxy groups -OCH3 is 1. The van der Waals surface area contributed by atoms with Gasteiger partial charge in [0.25, 0.3) is 0 Å². The Morgan fingerprint density at radius 3 is 2.70 bits per heavy atom. The zero-order chi connectivity index (χ0) is 14.4. The highest BCUT2D eigenvalue weighted by Crippen LogP contribution is 2.28. The number of anilines is 1. The van der Waals surface area contributed by atoms with Gasteiger partial charge in [0.05, 0.1) is 13.7 Å². The molecule has 2 aromatic rings. The number of hydrogen-bond donors (Lipinski definition) is 2. The van der Waals surface area contributed by atoms with Crippen LogP contribution in [0.4, 0.5) is 5.69 Å². The van der Waals surface area contributed by atoms with Gasteiger partial charge in [0.1, 0.15) is 5.75 Å². The monoisotopic (exact) mass is 289 g/mol. The molecule has 0 atom stereocenters. The van der Waals surface area contributed by atoms with E-state index in [1.165, 1.54) is 0 Å². The van der Waals surface area contributed by atoms with Gasteiger partial charge in [0.2, 0.25) is 0 Å². The molecule has 0 amide bonds. The Labute approximate surface area is 124 Å². The molecule has 0 aromatic heterocycles. The second kappa shape index (κ2) is 7.22. The molecule has 2 rings (SSSR count). The number of rotatable bonds is 6. The lowest BCUT2D eigenvalue weighted by Gasteiger charge is -2.12. The third kappa shape index (κ3) is 3.46. The highest BCUT2D eigenvalue weighted by molar-refractivity contribution is 7.98. The smallest absolute Gasteiger partial charge is 0.132 e. The van der Waals surface area contributed by atoms with Gasteiger partial charge < -0.3 is 15.2 Å². The van der Waals surface area contributed by atoms with E-state index in [2.05, 4.69) is 17.4 Å². The van der Waals surface area contributed by atoms with Gasteiger partial charge in [-0.15, -0.1) is 11.8 Å². The Bertz CT molecular complexity index is 572. The van der Waals surface area contributed by atoms with E-state index in [0.717, 1.165) is 27.5 Å². The zero-order valence-electron chi connectivity index (χ0n) is 11.7. The maximum atomic E-state index is 9.30. The molecule has 0 saturated carbocycles. The van der Waals surface area contributed by atoms with Gasteiger partial charge >= 0.3 is 0 Å². The van der Waals surface area contributed by atoms with E-state index < -0.39 is 0 Å². The van der Waals surface area contributed by atoms with Crippen LogP contribution in [0.3, 0.4) is 0 Å². The molecule has 20 heavy (non-hydrogen) atoms. The lowest BCUT2D eigenvalue weighted by molar-refractivity contribution is 0.282. The highest BCUT2D eigenvalue weighted by atomic mass is 32.2. The molecule has 0 unspecified atom stereocenters. The van der Waals surface area contributed by atoms with Crippen molar-refractivity contribution in [2.45, 2.75) is 18.0 Å². The van der Waals surface area contributed by atoms with E-state index in [1.807, 2.05) is 36.6 Å². The van der Waals surface area contributed by atoms with Gasteiger partial charge in [0, 0.05) is 22.7 Å². The summed E-state index contributed by atoms with van der Waals surface area (Å²) in [7, 11) is 1.69. The number of aliphatic hydroxyl groups excluding tert-OH is 1. The summed E-state index contributed by atoms with van der Waals surface area (Å²) in [5.74, 6) is 0.896. The van der Waals surface area contributed by atoms with Crippen LogP contribution in [0, 0.1) is 0 Å². The number of benzene rings is 2. The molecule has 0 bridgehead atoms. The average molecular weight is 289 g/mol. The van der Waals surface area contributed by atoms with Crippen LogP contribution in [-0.4, -0.2) is 18.5 Å². The van der Waals surface area contributed by atoms with Gasteiger partial charge in [-0.05, 0) is 30.0 Å². The van der Waals surface area contributed by atoms with E-state index >= 15 is 0 Å². The van der Waals surface area contributed by atoms with Crippen LogP contribution in [-0.2, 0) is 13.2 Å². The number of hydrogen-bond acceptors (Lipinski definition) is 4. The van der Waals surface area contributed by atoms with Crippen LogP contribution in [0.2, 0.25) is 0 Å². The van der Waals surface area contributed by atoms with Gasteiger partial charge in [-0.1, -0.05) is 24.3 Å². The second-order valence-corrected chi connectivity index (χ2v) is 5.21. The third-order valence-corrected chi connectivity index (χ3v) is 3.90. The summed E-state index contributed by atoms with van der Waals surface area (Å²) >= 11 is 1.67. The Kier molecular flexibility index (Phi) is 5.32. The first kappa shape index (κ1) is 14.8. The van der Waals surface area contributed by atoms with E-state index in [4.69, 9.17) is 4.74 Å². The van der Waals surface area contributed by atoms with Gasteiger partial charge in [-0.3, -0.25) is 0 Å². The van der Waals surface area contributed by atoms with E-state index in [-0.39, 0.29) is 6.61 Å². The fourth-order valence-corrected chi connectivity index (χ4v) is 2.57. The van der Waals surface area contributed by atoms with Gasteiger partial charge in [0.15, 0.2) is 0 Å². The predicted molar refractivity (Wildman–Crippen MR) is 84.5 cm³/mol. The first-order valence-corrected chi connectivity index (χ1v) is 7.64. The van der Waals surface area contributed by atoms with Crippen LogP contribution < -0.4 is 10.1 Å². The Morgan fingerprint density at radius 1 is 1.20 bits per heavy atom. The first-order chi connectivity index (χ1) is 9.78. The predicted octanol–water partition coefficient (Wildman–Crippen LogP) is 3.52. The summed E-state index contributed by atoms with van der Waals surface area (Å²) in [4.78, 5) is 1.13. The van der Waals surface area contributed by atoms with Crippen molar-refractivity contribution in [3.8, 4) is 5.75 Å². The minimum atomic E-state index is 0.0396. The molecule has 3 nitrogen and oxygen atoms in total. The summed E-state index contributed by atoms with van der Waals surface area (Å²) in [5.41, 5.74) is 3.01. The molecular formula is C16H19NO2S. The Hall–Kier alpha value is -1.65. The molecule has 0 aliphatic carbocycles. The third-order valence-electron chi connectivity index (χ3n) is 3.12. The number of ether oxygens (including phenoxy) is 1. The summed E-state index contributed by atoms with van der Waals surface area (Å²) in [6.07, 6.45) is 2.03. The number of thioether (sulfide) groups is 1. The van der Waals surface area contributed by atoms with Crippen LogP contribution in [0.25, 0.3) is 0 Å². The highest BCUT2D eigenvalue weighted by Gasteiger charge is 2.04. The molecule has 0 spiro atoms. The lowest BCUT2D eigenvalue weighted by atomic mass is 10.1. The molecule has 2 N–H and O–H groups in total. The molecule has 106 valence electrons. The van der Waals surface area contributed by atoms with Gasteiger partial charge in [-0.25, -0.2) is 0 Å². The van der Waals surface area contributed by atoms with Crippen molar-refractivity contribution in [1.29, 1.82) is 0 Å². The molecule has 0 radical (unpaired) electrons. The fraction of sp³-hybridized carbons (Fsp3) is 0.250. The maximum absolute atomic E-state index is 9.30. The van der Waals surface area contributed by atoms with Crippen molar-refractivity contribution in [3.63, 3.8) is 0 Å². The minimum Gasteiger partial charge on any atom is -0.496 e. The number of aliphatic hydroxyl groups is 1. The Balaban J connectivity index is 2.11. The summed E-state index contributed by atoms with van der Waals surface area (Å²) in [6.45, 7) is 0.736. The summed E-state index contributed by atoms with van der Waals surface area (Å²) in [6, 6.07) is 14.0. The van der Waals surface area contributed by atoms with Crippen LogP contribution >= 0.6 is 11.8 Å². The normalized spacial score (nSPS) is 10.3. The summed E-state index contributed by atoms with van der Waals surface area (Å²) < 4.78 is 5.39. The van der Waals surface area contributed by atoms with Crippen molar-refractivity contribution in [1.82, 2.24) is 0 Å². The van der Waals surface area contributed by atoms with Crippen molar-refractivity contribution in [2.24, 2.45) is 0 Å². The molecule has 0 saturated heterocycles. The zero-order valence-corrected chi connectivity index (χ0v) is 12.5. The summed E-state index contributed by atoms with van der Waals surface area (Å²) in [5, 5.41) is 12.7. The fourth-order valence-electron chi connectivity index (χ4n) is 2.02. The minimum absolute atomic E-state index is 0.0396. The van der Waals surface area contributed by atoms with Crippen LogP contribution in [0.15, 0.2) is 47.4 Å². The quantitative estimate of drug-likeness (QED) is 0.798. The molecule has 0 heterocycles. The SMILES string of the molecule is COc1cc(CNc2ccccc2CO)ccc1SC. The van der Waals surface area contributed by atoms with Crippen LogP contribution in [0.1, 0.15) is 11.1 Å². The maximum Gasteiger partial charge on any atom is 0.132 e. The van der Waals surface area contributed by atoms with E-state index in [0.29, 0.717) is 6.54 Å². The molecule has 0 aliphatic heterocycles. The molecule has 2 aromatic carbocycles. The number of para-hydroxylation sites is 1. The van der Waals surface area contributed by atoms with Crippen molar-refractivity contribution < 1.29 is 9.84 Å². The molecular weight excluding hydrogens is 270 g/mol. The van der Waals surface area contributed by atoms with Gasteiger partial charge in [-0.2, -0.15) is 0 Å².